The zero-order chi connectivity index (χ0) is 11.0. The van der Waals surface area contributed by atoms with Gasteiger partial charge in [-0.25, -0.2) is 15.0 Å². The molecule has 0 unspecified atom stereocenters. The van der Waals surface area contributed by atoms with Crippen LogP contribution in [0.5, 0.6) is 0 Å². The summed E-state index contributed by atoms with van der Waals surface area (Å²) in [4.78, 5) is 13.4. The van der Waals surface area contributed by atoms with Crippen LogP contribution in [0.2, 0.25) is 0 Å². The molecular weight excluding hydrogens is 218 g/mol. The van der Waals surface area contributed by atoms with E-state index >= 15 is 0 Å². The summed E-state index contributed by atoms with van der Waals surface area (Å²) >= 11 is 1.57. The highest BCUT2D eigenvalue weighted by Gasteiger charge is 2.08. The van der Waals surface area contributed by atoms with Crippen molar-refractivity contribution in [1.29, 1.82) is 0 Å². The maximum Gasteiger partial charge on any atom is 0.111 e. The molecule has 3 nitrogen and oxygen atoms in total. The molecule has 0 N–H and O–H groups in total. The van der Waals surface area contributed by atoms with Crippen LogP contribution >= 0.6 is 11.3 Å². The van der Waals surface area contributed by atoms with Crippen molar-refractivity contribution >= 4 is 22.4 Å². The molecule has 0 bridgehead atoms. The lowest BCUT2D eigenvalue weighted by molar-refractivity contribution is 1.17. The van der Waals surface area contributed by atoms with Gasteiger partial charge in [0.15, 0.2) is 0 Å². The van der Waals surface area contributed by atoms with Gasteiger partial charge in [-0.3, -0.25) is 0 Å². The number of nitrogens with zero attached hydrogens (tertiary/aromatic N) is 3. The molecular formula is C12H9N3S. The Hall–Kier alpha value is -1.81. The van der Waals surface area contributed by atoms with Crippen molar-refractivity contribution in [3.8, 4) is 11.4 Å². The molecule has 16 heavy (non-hydrogen) atoms. The Morgan fingerprint density at radius 3 is 2.50 bits per heavy atom. The minimum atomic E-state index is 0.875. The van der Waals surface area contributed by atoms with E-state index in [1.54, 1.807) is 11.3 Å². The number of benzene rings is 1. The molecule has 0 atom stereocenters. The Labute approximate surface area is 96.8 Å². The van der Waals surface area contributed by atoms with Crippen LogP contribution in [0.4, 0.5) is 0 Å². The predicted octanol–water partition coefficient (Wildman–Crippen LogP) is 3.06. The van der Waals surface area contributed by atoms with Crippen LogP contribution < -0.4 is 0 Å². The average molecular weight is 227 g/mol. The molecule has 2 aromatic heterocycles. The van der Waals surface area contributed by atoms with E-state index in [4.69, 9.17) is 0 Å². The van der Waals surface area contributed by atoms with Gasteiger partial charge in [0, 0.05) is 5.38 Å². The highest BCUT2D eigenvalue weighted by Crippen LogP contribution is 2.22. The number of aryl methyl sites for hydroxylation is 1. The first-order valence-electron chi connectivity index (χ1n) is 4.96. The van der Waals surface area contributed by atoms with Crippen LogP contribution in [-0.4, -0.2) is 15.0 Å². The summed E-state index contributed by atoms with van der Waals surface area (Å²) in [7, 11) is 0. The van der Waals surface area contributed by atoms with Crippen molar-refractivity contribution in [2.24, 2.45) is 0 Å². The molecule has 4 heteroatoms. The molecule has 0 saturated carbocycles. The third-order valence-corrected chi connectivity index (χ3v) is 3.01. The van der Waals surface area contributed by atoms with E-state index < -0.39 is 0 Å². The summed E-state index contributed by atoms with van der Waals surface area (Å²) in [6.45, 7) is 1.97. The van der Waals surface area contributed by atoms with E-state index in [9.17, 15) is 0 Å². The predicted molar refractivity (Wildman–Crippen MR) is 65.4 cm³/mol. The summed E-state index contributed by atoms with van der Waals surface area (Å²) in [5.41, 5.74) is 6.35. The third kappa shape index (κ3) is 1.47. The topological polar surface area (TPSA) is 38.7 Å². The Morgan fingerprint density at radius 2 is 1.81 bits per heavy atom. The van der Waals surface area contributed by atoms with Gasteiger partial charge in [0.1, 0.15) is 11.4 Å². The van der Waals surface area contributed by atoms with Crippen molar-refractivity contribution in [2.45, 2.75) is 6.92 Å². The fourth-order valence-electron chi connectivity index (χ4n) is 1.66. The smallest absolute Gasteiger partial charge is 0.111 e. The summed E-state index contributed by atoms with van der Waals surface area (Å²) in [6, 6.07) is 7.88. The number of hydrogen-bond acceptors (Lipinski definition) is 4. The SMILES string of the molecule is Cc1nc2ccccc2nc1-c1cscn1. The zero-order valence-corrected chi connectivity index (χ0v) is 9.53. The molecule has 0 saturated heterocycles. The first-order valence-corrected chi connectivity index (χ1v) is 5.91. The van der Waals surface area contributed by atoms with Crippen LogP contribution in [0.15, 0.2) is 35.2 Å². The third-order valence-electron chi connectivity index (χ3n) is 2.42. The van der Waals surface area contributed by atoms with E-state index in [1.807, 2.05) is 42.1 Å². The zero-order valence-electron chi connectivity index (χ0n) is 8.71. The van der Waals surface area contributed by atoms with Crippen molar-refractivity contribution in [1.82, 2.24) is 15.0 Å². The highest BCUT2D eigenvalue weighted by atomic mass is 32.1. The van der Waals surface area contributed by atoms with Crippen LogP contribution in [0, 0.1) is 6.92 Å². The Morgan fingerprint density at radius 1 is 1.06 bits per heavy atom. The molecule has 0 fully saturated rings. The van der Waals surface area contributed by atoms with Gasteiger partial charge in [-0.1, -0.05) is 12.1 Å². The van der Waals surface area contributed by atoms with Crippen LogP contribution in [-0.2, 0) is 0 Å². The van der Waals surface area contributed by atoms with Gasteiger partial charge in [-0.05, 0) is 19.1 Å². The number of hydrogen-bond donors (Lipinski definition) is 0. The van der Waals surface area contributed by atoms with Gasteiger partial charge < -0.3 is 0 Å². The van der Waals surface area contributed by atoms with Gasteiger partial charge in [0.05, 0.1) is 22.2 Å². The lowest BCUT2D eigenvalue weighted by atomic mass is 10.2. The minimum Gasteiger partial charge on any atom is -0.249 e. The first kappa shape index (κ1) is 9.42. The van der Waals surface area contributed by atoms with E-state index in [0.29, 0.717) is 0 Å². The van der Waals surface area contributed by atoms with Crippen molar-refractivity contribution < 1.29 is 0 Å². The molecule has 0 radical (unpaired) electrons. The highest BCUT2D eigenvalue weighted by molar-refractivity contribution is 7.07. The second-order valence-electron chi connectivity index (χ2n) is 3.52. The van der Waals surface area contributed by atoms with E-state index in [2.05, 4.69) is 15.0 Å². The molecule has 3 rings (SSSR count). The summed E-state index contributed by atoms with van der Waals surface area (Å²) < 4.78 is 0. The summed E-state index contributed by atoms with van der Waals surface area (Å²) in [5.74, 6) is 0. The molecule has 2 heterocycles. The van der Waals surface area contributed by atoms with Gasteiger partial charge in [0.25, 0.3) is 0 Å². The molecule has 0 aliphatic heterocycles. The average Bonchev–Trinajstić information content (AvgIpc) is 2.81. The summed E-state index contributed by atoms with van der Waals surface area (Å²) in [5, 5.41) is 1.99. The van der Waals surface area contributed by atoms with Crippen LogP contribution in [0.1, 0.15) is 5.69 Å². The maximum absolute atomic E-state index is 4.60. The second-order valence-corrected chi connectivity index (χ2v) is 4.24. The molecule has 3 aromatic rings. The standard InChI is InChI=1S/C12H9N3S/c1-8-12(11-6-16-7-13-11)15-10-5-3-2-4-9(10)14-8/h2-7H,1H3. The van der Waals surface area contributed by atoms with E-state index in [0.717, 1.165) is 28.1 Å². The molecule has 0 amide bonds. The fourth-order valence-corrected chi connectivity index (χ4v) is 2.20. The quantitative estimate of drug-likeness (QED) is 0.641. The maximum atomic E-state index is 4.60. The Balaban J connectivity index is 2.30. The first-order chi connectivity index (χ1) is 7.84. The molecule has 1 aromatic carbocycles. The number of para-hydroxylation sites is 2. The van der Waals surface area contributed by atoms with Gasteiger partial charge in [-0.15, -0.1) is 11.3 Å². The van der Waals surface area contributed by atoms with E-state index in [-0.39, 0.29) is 0 Å². The van der Waals surface area contributed by atoms with Crippen molar-refractivity contribution in [3.63, 3.8) is 0 Å². The molecule has 0 spiro atoms. The van der Waals surface area contributed by atoms with Crippen LogP contribution in [0.25, 0.3) is 22.4 Å². The number of fused-ring (bicyclic) bond motifs is 1. The largest absolute Gasteiger partial charge is 0.249 e. The summed E-state index contributed by atoms with van der Waals surface area (Å²) in [6.07, 6.45) is 0. The lowest BCUT2D eigenvalue weighted by Gasteiger charge is -2.03. The Bertz CT molecular complexity index is 632. The van der Waals surface area contributed by atoms with E-state index in [1.165, 1.54) is 0 Å². The second kappa shape index (κ2) is 3.64. The van der Waals surface area contributed by atoms with Gasteiger partial charge in [-0.2, -0.15) is 0 Å². The normalized spacial score (nSPS) is 10.8. The monoisotopic (exact) mass is 227 g/mol. The number of thiazole rings is 1. The number of rotatable bonds is 1. The lowest BCUT2D eigenvalue weighted by Crippen LogP contribution is -1.94. The molecule has 78 valence electrons. The molecule has 0 aliphatic rings. The number of aromatic nitrogens is 3. The van der Waals surface area contributed by atoms with Crippen molar-refractivity contribution in [3.05, 3.63) is 40.8 Å². The Kier molecular flexibility index (Phi) is 2.15. The van der Waals surface area contributed by atoms with Crippen molar-refractivity contribution in [2.75, 3.05) is 0 Å². The van der Waals surface area contributed by atoms with Gasteiger partial charge >= 0.3 is 0 Å². The fraction of sp³-hybridized carbons (Fsp3) is 0.0833. The minimum absolute atomic E-state index is 0.875. The van der Waals surface area contributed by atoms with Gasteiger partial charge in [0.2, 0.25) is 0 Å². The van der Waals surface area contributed by atoms with Crippen LogP contribution in [0.3, 0.4) is 0 Å². The molecule has 0 aliphatic carbocycles.